The van der Waals surface area contributed by atoms with Crippen LogP contribution in [0.4, 0.5) is 4.39 Å². The van der Waals surface area contributed by atoms with Crippen molar-refractivity contribution in [2.24, 2.45) is 0 Å². The third-order valence-electron chi connectivity index (χ3n) is 5.82. The first kappa shape index (κ1) is 20.8. The summed E-state index contributed by atoms with van der Waals surface area (Å²) in [7, 11) is 0. The lowest BCUT2D eigenvalue weighted by atomic mass is 10.1. The SMILES string of the molecule is Cc1ccc(C)n1-c1ccc(C(=O)N2CCCN(C(=O)c3ccccc3F)CC2)cc1. The first-order valence-corrected chi connectivity index (χ1v) is 10.5. The molecule has 2 aromatic carbocycles. The molecule has 2 heterocycles. The molecule has 0 spiro atoms. The Balaban J connectivity index is 1.44. The zero-order valence-electron chi connectivity index (χ0n) is 17.8. The van der Waals surface area contributed by atoms with Gasteiger partial charge in [-0.05, 0) is 68.8 Å². The lowest BCUT2D eigenvalue weighted by molar-refractivity contribution is 0.0716. The van der Waals surface area contributed by atoms with Gasteiger partial charge >= 0.3 is 0 Å². The molecular weight excluding hydrogens is 393 g/mol. The lowest BCUT2D eigenvalue weighted by Crippen LogP contribution is -2.37. The van der Waals surface area contributed by atoms with Crippen LogP contribution in [0, 0.1) is 19.7 Å². The van der Waals surface area contributed by atoms with Crippen molar-refractivity contribution in [2.75, 3.05) is 26.2 Å². The Morgan fingerprint density at radius 2 is 1.32 bits per heavy atom. The Morgan fingerprint density at radius 1 is 0.742 bits per heavy atom. The zero-order valence-corrected chi connectivity index (χ0v) is 17.8. The molecule has 1 aliphatic rings. The zero-order chi connectivity index (χ0) is 22.0. The highest BCUT2D eigenvalue weighted by Gasteiger charge is 2.25. The Bertz CT molecular complexity index is 1080. The second-order valence-electron chi connectivity index (χ2n) is 7.92. The summed E-state index contributed by atoms with van der Waals surface area (Å²) in [6, 6.07) is 17.8. The van der Waals surface area contributed by atoms with E-state index in [1.165, 1.54) is 12.1 Å². The number of nitrogens with zero attached hydrogens (tertiary/aromatic N) is 3. The fourth-order valence-electron chi connectivity index (χ4n) is 4.14. The van der Waals surface area contributed by atoms with Gasteiger partial charge in [0.05, 0.1) is 5.56 Å². The van der Waals surface area contributed by atoms with E-state index >= 15 is 0 Å². The number of carbonyl (C=O) groups is 2. The van der Waals surface area contributed by atoms with Gasteiger partial charge in [0, 0.05) is 48.8 Å². The summed E-state index contributed by atoms with van der Waals surface area (Å²) in [6.45, 7) is 5.99. The van der Waals surface area contributed by atoms with Crippen molar-refractivity contribution in [3.8, 4) is 5.69 Å². The van der Waals surface area contributed by atoms with Crippen LogP contribution in [0.3, 0.4) is 0 Å². The molecule has 4 rings (SSSR count). The summed E-state index contributed by atoms with van der Waals surface area (Å²) in [5.41, 5.74) is 4.01. The fourth-order valence-corrected chi connectivity index (χ4v) is 4.14. The minimum atomic E-state index is -0.516. The lowest BCUT2D eigenvalue weighted by Gasteiger charge is -2.22. The van der Waals surface area contributed by atoms with Crippen molar-refractivity contribution < 1.29 is 14.0 Å². The first-order valence-electron chi connectivity index (χ1n) is 10.5. The molecule has 0 aliphatic carbocycles. The molecule has 1 saturated heterocycles. The highest BCUT2D eigenvalue weighted by atomic mass is 19.1. The largest absolute Gasteiger partial charge is 0.337 e. The third-order valence-corrected chi connectivity index (χ3v) is 5.82. The number of aromatic nitrogens is 1. The molecule has 5 nitrogen and oxygen atoms in total. The number of carbonyl (C=O) groups excluding carboxylic acids is 2. The van der Waals surface area contributed by atoms with Crippen molar-refractivity contribution in [3.05, 3.63) is 89.0 Å². The molecule has 0 bridgehead atoms. The Morgan fingerprint density at radius 3 is 1.94 bits per heavy atom. The van der Waals surface area contributed by atoms with E-state index in [4.69, 9.17) is 0 Å². The van der Waals surface area contributed by atoms with Gasteiger partial charge in [0.15, 0.2) is 0 Å². The molecule has 1 aromatic heterocycles. The molecule has 6 heteroatoms. The number of aryl methyl sites for hydroxylation is 2. The average molecular weight is 420 g/mol. The Labute approximate surface area is 181 Å². The van der Waals surface area contributed by atoms with Gasteiger partial charge < -0.3 is 14.4 Å². The van der Waals surface area contributed by atoms with E-state index in [0.29, 0.717) is 38.2 Å². The molecule has 1 aliphatic heterocycles. The number of halogens is 1. The molecule has 2 amide bonds. The number of benzene rings is 2. The minimum absolute atomic E-state index is 0.0484. The predicted molar refractivity (Wildman–Crippen MR) is 118 cm³/mol. The quantitative estimate of drug-likeness (QED) is 0.638. The predicted octanol–water partition coefficient (Wildman–Crippen LogP) is 4.22. The van der Waals surface area contributed by atoms with Crippen molar-refractivity contribution in [3.63, 3.8) is 0 Å². The molecule has 160 valence electrons. The van der Waals surface area contributed by atoms with Crippen LogP contribution in [0.5, 0.6) is 0 Å². The summed E-state index contributed by atoms with van der Waals surface area (Å²) in [5.74, 6) is -0.889. The fraction of sp³-hybridized carbons (Fsp3) is 0.280. The van der Waals surface area contributed by atoms with Crippen LogP contribution in [-0.4, -0.2) is 52.4 Å². The van der Waals surface area contributed by atoms with E-state index in [9.17, 15) is 14.0 Å². The number of amides is 2. The van der Waals surface area contributed by atoms with E-state index in [0.717, 1.165) is 17.1 Å². The first-order chi connectivity index (χ1) is 15.0. The van der Waals surface area contributed by atoms with E-state index < -0.39 is 5.82 Å². The van der Waals surface area contributed by atoms with Crippen LogP contribution in [0.15, 0.2) is 60.7 Å². The number of hydrogen-bond acceptors (Lipinski definition) is 2. The van der Waals surface area contributed by atoms with Crippen molar-refractivity contribution in [1.29, 1.82) is 0 Å². The van der Waals surface area contributed by atoms with Gasteiger partial charge in [-0.1, -0.05) is 12.1 Å². The van der Waals surface area contributed by atoms with Crippen LogP contribution in [-0.2, 0) is 0 Å². The van der Waals surface area contributed by atoms with Crippen LogP contribution in [0.1, 0.15) is 38.5 Å². The second kappa shape index (κ2) is 8.76. The molecule has 1 fully saturated rings. The molecule has 0 atom stereocenters. The molecule has 0 N–H and O–H groups in total. The average Bonchev–Trinajstić information content (AvgIpc) is 2.97. The van der Waals surface area contributed by atoms with Gasteiger partial charge in [-0.2, -0.15) is 0 Å². The van der Waals surface area contributed by atoms with Crippen LogP contribution in [0.2, 0.25) is 0 Å². The summed E-state index contributed by atoms with van der Waals surface area (Å²) >= 11 is 0. The summed E-state index contributed by atoms with van der Waals surface area (Å²) in [6.07, 6.45) is 0.659. The third kappa shape index (κ3) is 4.24. The van der Waals surface area contributed by atoms with E-state index in [1.54, 1.807) is 21.9 Å². The summed E-state index contributed by atoms with van der Waals surface area (Å²) in [4.78, 5) is 29.2. The van der Waals surface area contributed by atoms with E-state index in [2.05, 4.69) is 30.5 Å². The summed E-state index contributed by atoms with van der Waals surface area (Å²) < 4.78 is 16.1. The molecular formula is C25H26FN3O2. The number of hydrogen-bond donors (Lipinski definition) is 0. The molecule has 3 aromatic rings. The second-order valence-corrected chi connectivity index (χ2v) is 7.92. The van der Waals surface area contributed by atoms with Gasteiger partial charge in [-0.3, -0.25) is 9.59 Å². The highest BCUT2D eigenvalue weighted by molar-refractivity contribution is 5.95. The van der Waals surface area contributed by atoms with Crippen LogP contribution >= 0.6 is 0 Å². The Kier molecular flexibility index (Phi) is 5.89. The standard InChI is InChI=1S/C25H26FN3O2/c1-18-8-9-19(2)29(18)21-12-10-20(11-13-21)24(30)27-14-5-15-28(17-16-27)25(31)22-6-3-4-7-23(22)26/h3-4,6-13H,5,14-17H2,1-2H3. The molecule has 0 saturated carbocycles. The van der Waals surface area contributed by atoms with E-state index in [-0.39, 0.29) is 17.4 Å². The monoisotopic (exact) mass is 419 g/mol. The summed E-state index contributed by atoms with van der Waals surface area (Å²) in [5, 5.41) is 0. The molecule has 31 heavy (non-hydrogen) atoms. The molecule has 0 unspecified atom stereocenters. The van der Waals surface area contributed by atoms with Crippen molar-refractivity contribution >= 4 is 11.8 Å². The maximum absolute atomic E-state index is 14.0. The topological polar surface area (TPSA) is 45.6 Å². The molecule has 0 radical (unpaired) electrons. The maximum Gasteiger partial charge on any atom is 0.256 e. The van der Waals surface area contributed by atoms with Crippen molar-refractivity contribution in [2.45, 2.75) is 20.3 Å². The van der Waals surface area contributed by atoms with Crippen LogP contribution < -0.4 is 0 Å². The van der Waals surface area contributed by atoms with Crippen molar-refractivity contribution in [1.82, 2.24) is 14.4 Å². The smallest absolute Gasteiger partial charge is 0.256 e. The van der Waals surface area contributed by atoms with Gasteiger partial charge in [0.1, 0.15) is 5.82 Å². The minimum Gasteiger partial charge on any atom is -0.337 e. The van der Waals surface area contributed by atoms with Gasteiger partial charge in [-0.15, -0.1) is 0 Å². The van der Waals surface area contributed by atoms with Gasteiger partial charge in [0.25, 0.3) is 11.8 Å². The van der Waals surface area contributed by atoms with Crippen LogP contribution in [0.25, 0.3) is 5.69 Å². The van der Waals surface area contributed by atoms with Gasteiger partial charge in [0.2, 0.25) is 0 Å². The van der Waals surface area contributed by atoms with Gasteiger partial charge in [-0.25, -0.2) is 4.39 Å². The maximum atomic E-state index is 14.0. The normalized spacial score (nSPS) is 14.4. The number of rotatable bonds is 3. The van der Waals surface area contributed by atoms with E-state index in [1.807, 2.05) is 24.3 Å². The highest BCUT2D eigenvalue weighted by Crippen LogP contribution is 2.19. The Hall–Kier alpha value is -3.41.